The molecule has 0 heterocycles. The largest absolute Gasteiger partial charge is 0.492 e. The summed E-state index contributed by atoms with van der Waals surface area (Å²) in [4.78, 5) is 0. The standard InChI is InChI=1S/C11H17NO2/c1-9-8-10(4-6-13)2-3-11(9)14-7-5-12/h2-3,8,13H,4-7,12H2,1H3. The maximum atomic E-state index is 8.77. The molecule has 0 aliphatic rings. The number of aliphatic hydroxyl groups is 1. The van der Waals surface area contributed by atoms with Crippen LogP contribution in [-0.2, 0) is 6.42 Å². The SMILES string of the molecule is Cc1cc(CCO)ccc1OCCN. The van der Waals surface area contributed by atoms with E-state index in [1.165, 1.54) is 0 Å². The topological polar surface area (TPSA) is 55.5 Å². The summed E-state index contributed by atoms with van der Waals surface area (Å²) >= 11 is 0. The van der Waals surface area contributed by atoms with Gasteiger partial charge in [-0.05, 0) is 30.5 Å². The Kier molecular flexibility index (Phi) is 4.43. The van der Waals surface area contributed by atoms with Crippen LogP contribution in [0.1, 0.15) is 11.1 Å². The third-order valence-corrected chi connectivity index (χ3v) is 2.02. The second kappa shape index (κ2) is 5.62. The van der Waals surface area contributed by atoms with Gasteiger partial charge in [0.05, 0.1) is 0 Å². The molecule has 3 N–H and O–H groups in total. The lowest BCUT2D eigenvalue weighted by atomic mass is 10.1. The molecule has 78 valence electrons. The third kappa shape index (κ3) is 3.01. The number of aliphatic hydroxyl groups excluding tert-OH is 1. The summed E-state index contributed by atoms with van der Waals surface area (Å²) in [5.41, 5.74) is 7.56. The molecule has 0 fully saturated rings. The molecule has 3 nitrogen and oxygen atoms in total. The average molecular weight is 195 g/mol. The Morgan fingerprint density at radius 2 is 2.21 bits per heavy atom. The molecule has 0 radical (unpaired) electrons. The van der Waals surface area contributed by atoms with Crippen LogP contribution in [0.5, 0.6) is 5.75 Å². The molecule has 0 atom stereocenters. The van der Waals surface area contributed by atoms with Gasteiger partial charge < -0.3 is 15.6 Å². The van der Waals surface area contributed by atoms with Gasteiger partial charge in [-0.25, -0.2) is 0 Å². The lowest BCUT2D eigenvalue weighted by molar-refractivity contribution is 0.299. The van der Waals surface area contributed by atoms with E-state index in [2.05, 4.69) is 0 Å². The second-order valence-corrected chi connectivity index (χ2v) is 3.21. The summed E-state index contributed by atoms with van der Waals surface area (Å²) in [6.45, 7) is 3.24. The Labute approximate surface area is 84.5 Å². The lowest BCUT2D eigenvalue weighted by Gasteiger charge is -2.09. The molecule has 0 spiro atoms. The van der Waals surface area contributed by atoms with Crippen molar-refractivity contribution in [2.75, 3.05) is 19.8 Å². The molecule has 3 heteroatoms. The average Bonchev–Trinajstić information content (AvgIpc) is 2.17. The Morgan fingerprint density at radius 3 is 2.79 bits per heavy atom. The predicted octanol–water partition coefficient (Wildman–Crippen LogP) is 0.867. The van der Waals surface area contributed by atoms with Gasteiger partial charge in [0.2, 0.25) is 0 Å². The van der Waals surface area contributed by atoms with Crippen LogP contribution < -0.4 is 10.5 Å². The van der Waals surface area contributed by atoms with Crippen molar-refractivity contribution in [2.45, 2.75) is 13.3 Å². The summed E-state index contributed by atoms with van der Waals surface area (Å²) in [5.74, 6) is 0.872. The van der Waals surface area contributed by atoms with E-state index in [1.54, 1.807) is 0 Å². The van der Waals surface area contributed by atoms with E-state index in [-0.39, 0.29) is 6.61 Å². The maximum absolute atomic E-state index is 8.77. The highest BCUT2D eigenvalue weighted by Gasteiger charge is 2.00. The normalized spacial score (nSPS) is 10.2. The fourth-order valence-electron chi connectivity index (χ4n) is 1.33. The molecule has 0 saturated heterocycles. The van der Waals surface area contributed by atoms with Crippen molar-refractivity contribution < 1.29 is 9.84 Å². The smallest absolute Gasteiger partial charge is 0.122 e. The van der Waals surface area contributed by atoms with Crippen LogP contribution in [0, 0.1) is 6.92 Å². The molecule has 1 aromatic rings. The van der Waals surface area contributed by atoms with Gasteiger partial charge in [0.1, 0.15) is 12.4 Å². The molecular weight excluding hydrogens is 178 g/mol. The van der Waals surface area contributed by atoms with Crippen LogP contribution >= 0.6 is 0 Å². The molecule has 0 amide bonds. The van der Waals surface area contributed by atoms with E-state index in [4.69, 9.17) is 15.6 Å². The molecule has 0 saturated carbocycles. The van der Waals surface area contributed by atoms with Crippen molar-refractivity contribution in [3.63, 3.8) is 0 Å². The first kappa shape index (κ1) is 11.0. The summed E-state index contributed by atoms with van der Waals surface area (Å²) in [6.07, 6.45) is 0.692. The molecule has 14 heavy (non-hydrogen) atoms. The zero-order valence-electron chi connectivity index (χ0n) is 8.49. The number of hydrogen-bond donors (Lipinski definition) is 2. The Morgan fingerprint density at radius 1 is 1.43 bits per heavy atom. The number of benzene rings is 1. The highest BCUT2D eigenvalue weighted by molar-refractivity contribution is 5.36. The molecule has 1 aromatic carbocycles. The quantitative estimate of drug-likeness (QED) is 0.733. The van der Waals surface area contributed by atoms with Crippen LogP contribution in [0.2, 0.25) is 0 Å². The molecule has 0 aromatic heterocycles. The van der Waals surface area contributed by atoms with Crippen LogP contribution in [-0.4, -0.2) is 24.9 Å². The summed E-state index contributed by atoms with van der Waals surface area (Å²) < 4.78 is 5.43. The predicted molar refractivity (Wildman–Crippen MR) is 56.5 cm³/mol. The maximum Gasteiger partial charge on any atom is 0.122 e. The first-order valence-electron chi connectivity index (χ1n) is 4.81. The van der Waals surface area contributed by atoms with Crippen LogP contribution in [0.25, 0.3) is 0 Å². The monoisotopic (exact) mass is 195 g/mol. The molecule has 0 bridgehead atoms. The minimum atomic E-state index is 0.183. The summed E-state index contributed by atoms with van der Waals surface area (Å²) in [6, 6.07) is 5.92. The van der Waals surface area contributed by atoms with E-state index in [1.807, 2.05) is 25.1 Å². The molecule has 0 unspecified atom stereocenters. The third-order valence-electron chi connectivity index (χ3n) is 2.02. The van der Waals surface area contributed by atoms with Crippen LogP contribution in [0.4, 0.5) is 0 Å². The van der Waals surface area contributed by atoms with Gasteiger partial charge in [0, 0.05) is 13.2 Å². The van der Waals surface area contributed by atoms with E-state index >= 15 is 0 Å². The number of hydrogen-bond acceptors (Lipinski definition) is 3. The van der Waals surface area contributed by atoms with Gasteiger partial charge in [-0.15, -0.1) is 0 Å². The van der Waals surface area contributed by atoms with Gasteiger partial charge >= 0.3 is 0 Å². The number of rotatable bonds is 5. The lowest BCUT2D eigenvalue weighted by Crippen LogP contribution is -2.11. The van der Waals surface area contributed by atoms with Crippen molar-refractivity contribution in [2.24, 2.45) is 5.73 Å². The molecule has 0 aliphatic carbocycles. The Hall–Kier alpha value is -1.06. The Balaban J connectivity index is 2.68. The second-order valence-electron chi connectivity index (χ2n) is 3.21. The van der Waals surface area contributed by atoms with E-state index in [9.17, 15) is 0 Å². The van der Waals surface area contributed by atoms with Gasteiger partial charge in [0.25, 0.3) is 0 Å². The molecular formula is C11H17NO2. The summed E-state index contributed by atoms with van der Waals surface area (Å²) in [7, 11) is 0. The highest BCUT2D eigenvalue weighted by atomic mass is 16.5. The number of nitrogens with two attached hydrogens (primary N) is 1. The fraction of sp³-hybridized carbons (Fsp3) is 0.455. The number of ether oxygens (including phenoxy) is 1. The van der Waals surface area contributed by atoms with Crippen molar-refractivity contribution in [1.82, 2.24) is 0 Å². The zero-order valence-corrected chi connectivity index (χ0v) is 8.49. The van der Waals surface area contributed by atoms with Crippen LogP contribution in [0.15, 0.2) is 18.2 Å². The van der Waals surface area contributed by atoms with Crippen molar-refractivity contribution in [1.29, 1.82) is 0 Å². The van der Waals surface area contributed by atoms with Crippen molar-refractivity contribution in [3.05, 3.63) is 29.3 Å². The Bertz CT molecular complexity index is 287. The zero-order chi connectivity index (χ0) is 10.4. The molecule has 0 aliphatic heterocycles. The van der Waals surface area contributed by atoms with E-state index < -0.39 is 0 Å². The first-order chi connectivity index (χ1) is 6.77. The van der Waals surface area contributed by atoms with Gasteiger partial charge in [-0.3, -0.25) is 0 Å². The summed E-state index contributed by atoms with van der Waals surface area (Å²) in [5, 5.41) is 8.77. The van der Waals surface area contributed by atoms with E-state index in [0.29, 0.717) is 19.6 Å². The van der Waals surface area contributed by atoms with Crippen molar-refractivity contribution in [3.8, 4) is 5.75 Å². The molecule has 1 rings (SSSR count). The van der Waals surface area contributed by atoms with Gasteiger partial charge in [-0.2, -0.15) is 0 Å². The minimum Gasteiger partial charge on any atom is -0.492 e. The van der Waals surface area contributed by atoms with Gasteiger partial charge in [-0.1, -0.05) is 12.1 Å². The number of aryl methyl sites for hydroxylation is 1. The minimum absolute atomic E-state index is 0.183. The van der Waals surface area contributed by atoms with Crippen LogP contribution in [0.3, 0.4) is 0 Å². The fourth-order valence-corrected chi connectivity index (χ4v) is 1.33. The first-order valence-corrected chi connectivity index (χ1v) is 4.81. The van der Waals surface area contributed by atoms with E-state index in [0.717, 1.165) is 16.9 Å². The van der Waals surface area contributed by atoms with Gasteiger partial charge in [0.15, 0.2) is 0 Å². The highest BCUT2D eigenvalue weighted by Crippen LogP contribution is 2.19. The van der Waals surface area contributed by atoms with Crippen molar-refractivity contribution >= 4 is 0 Å².